The van der Waals surface area contributed by atoms with E-state index in [1.807, 2.05) is 39.8 Å². The van der Waals surface area contributed by atoms with E-state index >= 15 is 0 Å². The van der Waals surface area contributed by atoms with Crippen molar-refractivity contribution in [1.29, 1.82) is 0 Å². The quantitative estimate of drug-likeness (QED) is 0.913. The van der Waals surface area contributed by atoms with Crippen LogP contribution in [0.25, 0.3) is 0 Å². The maximum absolute atomic E-state index is 6.15. The number of halogens is 1. The fourth-order valence-corrected chi connectivity index (χ4v) is 2.06. The van der Waals surface area contributed by atoms with Gasteiger partial charge in [-0.1, -0.05) is 11.6 Å². The van der Waals surface area contributed by atoms with Crippen LogP contribution >= 0.6 is 11.6 Å². The highest BCUT2D eigenvalue weighted by Gasteiger charge is 2.07. The van der Waals surface area contributed by atoms with Crippen LogP contribution in [0, 0.1) is 20.8 Å². The second kappa shape index (κ2) is 6.09. The third-order valence-electron chi connectivity index (χ3n) is 2.80. The fourth-order valence-electron chi connectivity index (χ4n) is 1.95. The number of nitrogens with zero attached hydrogens (tertiary/aromatic N) is 2. The summed E-state index contributed by atoms with van der Waals surface area (Å²) in [5, 5.41) is 3.92. The SMILES string of the molecule is CCNc1cc(Oc2cc(C)c(Cl)c(C)c2)nc(C)n1. The van der Waals surface area contributed by atoms with Gasteiger partial charge in [0.05, 0.1) is 0 Å². The van der Waals surface area contributed by atoms with Gasteiger partial charge in [-0.3, -0.25) is 0 Å². The summed E-state index contributed by atoms with van der Waals surface area (Å²) < 4.78 is 5.81. The monoisotopic (exact) mass is 291 g/mol. The molecule has 1 heterocycles. The molecule has 0 aliphatic heterocycles. The molecule has 4 nitrogen and oxygen atoms in total. The van der Waals surface area contributed by atoms with Crippen molar-refractivity contribution in [2.75, 3.05) is 11.9 Å². The van der Waals surface area contributed by atoms with Crippen LogP contribution in [0.2, 0.25) is 5.02 Å². The molecule has 0 atom stereocenters. The van der Waals surface area contributed by atoms with E-state index in [4.69, 9.17) is 16.3 Å². The fraction of sp³-hybridized carbons (Fsp3) is 0.333. The third kappa shape index (κ3) is 3.39. The van der Waals surface area contributed by atoms with Crippen LogP contribution in [0.5, 0.6) is 11.6 Å². The van der Waals surface area contributed by atoms with Gasteiger partial charge in [0.25, 0.3) is 0 Å². The number of ether oxygens (including phenoxy) is 1. The van der Waals surface area contributed by atoms with Crippen LogP contribution < -0.4 is 10.1 Å². The Hall–Kier alpha value is -1.81. The zero-order chi connectivity index (χ0) is 14.7. The van der Waals surface area contributed by atoms with Crippen LogP contribution in [0.3, 0.4) is 0 Å². The second-order valence-corrected chi connectivity index (χ2v) is 5.02. The van der Waals surface area contributed by atoms with E-state index in [-0.39, 0.29) is 0 Å². The summed E-state index contributed by atoms with van der Waals surface area (Å²) >= 11 is 6.15. The van der Waals surface area contributed by atoms with Gasteiger partial charge in [0.15, 0.2) is 0 Å². The molecule has 1 aromatic heterocycles. The average Bonchev–Trinajstić information content (AvgIpc) is 2.35. The van der Waals surface area contributed by atoms with Gasteiger partial charge in [-0.25, -0.2) is 4.98 Å². The zero-order valence-electron chi connectivity index (χ0n) is 12.1. The molecular formula is C15H18ClN3O. The van der Waals surface area contributed by atoms with Crippen molar-refractivity contribution in [3.63, 3.8) is 0 Å². The van der Waals surface area contributed by atoms with Gasteiger partial charge < -0.3 is 10.1 Å². The first-order chi connectivity index (χ1) is 9.49. The summed E-state index contributed by atoms with van der Waals surface area (Å²) in [4.78, 5) is 8.58. The Morgan fingerprint density at radius 3 is 2.35 bits per heavy atom. The Kier molecular flexibility index (Phi) is 4.45. The number of anilines is 1. The zero-order valence-corrected chi connectivity index (χ0v) is 12.9. The molecule has 2 aromatic rings. The van der Waals surface area contributed by atoms with Crippen LogP contribution in [0.4, 0.5) is 5.82 Å². The molecule has 0 aliphatic rings. The summed E-state index contributed by atoms with van der Waals surface area (Å²) in [7, 11) is 0. The molecule has 0 amide bonds. The molecule has 0 aliphatic carbocycles. The van der Waals surface area contributed by atoms with Gasteiger partial charge in [0, 0.05) is 17.6 Å². The van der Waals surface area contributed by atoms with Crippen molar-refractivity contribution in [3.8, 4) is 11.6 Å². The van der Waals surface area contributed by atoms with Crippen LogP contribution in [-0.4, -0.2) is 16.5 Å². The molecule has 0 spiro atoms. The van der Waals surface area contributed by atoms with Crippen LogP contribution in [0.15, 0.2) is 18.2 Å². The van der Waals surface area contributed by atoms with Crippen molar-refractivity contribution in [2.45, 2.75) is 27.7 Å². The van der Waals surface area contributed by atoms with Gasteiger partial charge in [0.1, 0.15) is 17.4 Å². The molecule has 0 saturated carbocycles. The van der Waals surface area contributed by atoms with Crippen LogP contribution in [-0.2, 0) is 0 Å². The highest BCUT2D eigenvalue weighted by Crippen LogP contribution is 2.29. The number of aryl methyl sites for hydroxylation is 3. The lowest BCUT2D eigenvalue weighted by Gasteiger charge is -2.10. The van der Waals surface area contributed by atoms with Gasteiger partial charge >= 0.3 is 0 Å². The number of rotatable bonds is 4. The summed E-state index contributed by atoms with van der Waals surface area (Å²) in [6.45, 7) is 8.57. The first-order valence-electron chi connectivity index (χ1n) is 6.53. The van der Waals surface area contributed by atoms with Crippen molar-refractivity contribution in [1.82, 2.24) is 9.97 Å². The molecule has 1 N–H and O–H groups in total. The lowest BCUT2D eigenvalue weighted by Crippen LogP contribution is -2.02. The minimum absolute atomic E-state index is 0.523. The number of benzene rings is 1. The molecule has 1 aromatic carbocycles. The summed E-state index contributed by atoms with van der Waals surface area (Å²) in [5.74, 6) is 2.68. The van der Waals surface area contributed by atoms with E-state index in [9.17, 15) is 0 Å². The number of hydrogen-bond donors (Lipinski definition) is 1. The molecule has 0 unspecified atom stereocenters. The number of nitrogens with one attached hydrogen (secondary N) is 1. The molecule has 106 valence electrons. The normalized spacial score (nSPS) is 10.4. The second-order valence-electron chi connectivity index (χ2n) is 4.64. The largest absolute Gasteiger partial charge is 0.439 e. The molecule has 0 bridgehead atoms. The van der Waals surface area contributed by atoms with Gasteiger partial charge in [-0.2, -0.15) is 4.98 Å². The highest BCUT2D eigenvalue weighted by atomic mass is 35.5. The molecule has 0 saturated heterocycles. The molecular weight excluding hydrogens is 274 g/mol. The maximum Gasteiger partial charge on any atom is 0.224 e. The van der Waals surface area contributed by atoms with Gasteiger partial charge in [0.2, 0.25) is 5.88 Å². The first kappa shape index (κ1) is 14.6. The Balaban J connectivity index is 2.30. The third-order valence-corrected chi connectivity index (χ3v) is 3.40. The molecule has 0 fully saturated rings. The number of aromatic nitrogens is 2. The van der Waals surface area contributed by atoms with Gasteiger partial charge in [-0.15, -0.1) is 0 Å². The number of hydrogen-bond acceptors (Lipinski definition) is 4. The minimum atomic E-state index is 0.523. The molecule has 5 heteroatoms. The Morgan fingerprint density at radius 2 is 1.75 bits per heavy atom. The van der Waals surface area contributed by atoms with E-state index in [0.29, 0.717) is 11.7 Å². The first-order valence-corrected chi connectivity index (χ1v) is 6.91. The van der Waals surface area contributed by atoms with Crippen molar-refractivity contribution >= 4 is 17.4 Å². The minimum Gasteiger partial charge on any atom is -0.439 e. The Bertz CT molecular complexity index is 606. The molecule has 20 heavy (non-hydrogen) atoms. The smallest absolute Gasteiger partial charge is 0.224 e. The highest BCUT2D eigenvalue weighted by molar-refractivity contribution is 6.32. The Labute approximate surface area is 124 Å². The predicted octanol–water partition coefficient (Wildman–Crippen LogP) is 4.28. The summed E-state index contributed by atoms with van der Waals surface area (Å²) in [5.41, 5.74) is 1.97. The lowest BCUT2D eigenvalue weighted by atomic mass is 10.1. The van der Waals surface area contributed by atoms with E-state index in [1.165, 1.54) is 0 Å². The van der Waals surface area contributed by atoms with E-state index in [2.05, 4.69) is 15.3 Å². The summed E-state index contributed by atoms with van der Waals surface area (Å²) in [6.07, 6.45) is 0. The van der Waals surface area contributed by atoms with Crippen molar-refractivity contribution < 1.29 is 4.74 Å². The molecule has 2 rings (SSSR count). The van der Waals surface area contributed by atoms with Crippen LogP contribution in [0.1, 0.15) is 23.9 Å². The lowest BCUT2D eigenvalue weighted by molar-refractivity contribution is 0.459. The maximum atomic E-state index is 6.15. The molecule has 0 radical (unpaired) electrons. The van der Waals surface area contributed by atoms with E-state index in [0.717, 1.165) is 34.3 Å². The topological polar surface area (TPSA) is 47.0 Å². The average molecular weight is 292 g/mol. The van der Waals surface area contributed by atoms with Gasteiger partial charge in [-0.05, 0) is 51.0 Å². The predicted molar refractivity (Wildman–Crippen MR) is 81.9 cm³/mol. The van der Waals surface area contributed by atoms with Crippen molar-refractivity contribution in [3.05, 3.63) is 40.2 Å². The van der Waals surface area contributed by atoms with E-state index < -0.39 is 0 Å². The Morgan fingerprint density at radius 1 is 1.10 bits per heavy atom. The summed E-state index contributed by atoms with van der Waals surface area (Å²) in [6, 6.07) is 5.59. The van der Waals surface area contributed by atoms with E-state index in [1.54, 1.807) is 6.07 Å². The standard InChI is InChI=1S/C15H18ClN3O/c1-5-17-13-8-14(19-11(4)18-13)20-12-6-9(2)15(16)10(3)7-12/h6-8H,5H2,1-4H3,(H,17,18,19). The van der Waals surface area contributed by atoms with Crippen molar-refractivity contribution in [2.24, 2.45) is 0 Å².